The molecule has 2 fully saturated rings. The molecular formula is C10H8ClNO3S. The van der Waals surface area contributed by atoms with Gasteiger partial charge in [0.2, 0.25) is 0 Å². The van der Waals surface area contributed by atoms with Crippen molar-refractivity contribution in [3.8, 4) is 0 Å². The molecule has 2 aliphatic heterocycles. The van der Waals surface area contributed by atoms with Crippen molar-refractivity contribution in [2.24, 2.45) is 0 Å². The van der Waals surface area contributed by atoms with Crippen molar-refractivity contribution in [1.29, 1.82) is 0 Å². The molecule has 0 radical (unpaired) electrons. The van der Waals surface area contributed by atoms with Gasteiger partial charge in [0.25, 0.3) is 5.91 Å². The van der Waals surface area contributed by atoms with Crippen molar-refractivity contribution < 1.29 is 14.3 Å². The van der Waals surface area contributed by atoms with Gasteiger partial charge < -0.3 is 9.64 Å². The van der Waals surface area contributed by atoms with Gasteiger partial charge in [0.1, 0.15) is 12.1 Å². The Balaban J connectivity index is 1.84. The fourth-order valence-electron chi connectivity index (χ4n) is 2.14. The molecule has 1 aromatic rings. The Bertz CT molecular complexity index is 472. The van der Waals surface area contributed by atoms with Crippen molar-refractivity contribution >= 4 is 34.8 Å². The molecule has 3 heterocycles. The normalized spacial score (nSPS) is 27.3. The summed E-state index contributed by atoms with van der Waals surface area (Å²) in [5.41, 5.74) is 0. The Labute approximate surface area is 101 Å². The first-order valence-electron chi connectivity index (χ1n) is 4.92. The van der Waals surface area contributed by atoms with Gasteiger partial charge >= 0.3 is 5.97 Å². The summed E-state index contributed by atoms with van der Waals surface area (Å²) in [4.78, 5) is 25.6. The topological polar surface area (TPSA) is 46.6 Å². The molecule has 0 aromatic carbocycles. The highest BCUT2D eigenvalue weighted by atomic mass is 35.5. The number of carbonyl (C=O) groups is 2. The Morgan fingerprint density at radius 1 is 1.56 bits per heavy atom. The van der Waals surface area contributed by atoms with Crippen LogP contribution < -0.4 is 0 Å². The predicted molar refractivity (Wildman–Crippen MR) is 58.7 cm³/mol. The standard InChI is InChI=1S/C10H8ClNO3S/c11-8-2-1-7(16-8)9(13)12-4-5-3-6(12)10(14)15-5/h1-2,5-6H,3-4H2. The van der Waals surface area contributed by atoms with Gasteiger partial charge in [-0.2, -0.15) is 0 Å². The molecule has 4 nitrogen and oxygen atoms in total. The number of hydrogen-bond donors (Lipinski definition) is 0. The number of rotatable bonds is 1. The van der Waals surface area contributed by atoms with Crippen LogP contribution in [0.5, 0.6) is 0 Å². The number of ether oxygens (including phenoxy) is 1. The predicted octanol–water partition coefficient (Wildman–Crippen LogP) is 1.54. The lowest BCUT2D eigenvalue weighted by Crippen LogP contribution is -2.44. The maximum absolute atomic E-state index is 12.1. The summed E-state index contributed by atoms with van der Waals surface area (Å²) in [6.45, 7) is 0.505. The van der Waals surface area contributed by atoms with Crippen molar-refractivity contribution in [2.75, 3.05) is 6.54 Å². The Hall–Kier alpha value is -1.07. The highest BCUT2D eigenvalue weighted by Crippen LogP contribution is 2.32. The molecular weight excluding hydrogens is 250 g/mol. The molecule has 3 rings (SSSR count). The highest BCUT2D eigenvalue weighted by Gasteiger charge is 2.48. The molecule has 0 N–H and O–H groups in total. The zero-order valence-corrected chi connectivity index (χ0v) is 9.75. The first kappa shape index (κ1) is 10.1. The van der Waals surface area contributed by atoms with E-state index in [1.165, 1.54) is 11.3 Å². The fraction of sp³-hybridized carbons (Fsp3) is 0.400. The largest absolute Gasteiger partial charge is 0.459 e. The molecule has 2 unspecified atom stereocenters. The average Bonchev–Trinajstić information content (AvgIpc) is 2.90. The van der Waals surface area contributed by atoms with E-state index in [9.17, 15) is 9.59 Å². The lowest BCUT2D eigenvalue weighted by Gasteiger charge is -2.25. The van der Waals surface area contributed by atoms with Crippen LogP contribution in [0.1, 0.15) is 16.1 Å². The van der Waals surface area contributed by atoms with Crippen LogP contribution in [0.4, 0.5) is 0 Å². The Morgan fingerprint density at radius 2 is 2.38 bits per heavy atom. The van der Waals surface area contributed by atoms with Gasteiger partial charge in [-0.3, -0.25) is 4.79 Å². The number of nitrogens with zero attached hydrogens (tertiary/aromatic N) is 1. The maximum atomic E-state index is 12.1. The maximum Gasteiger partial charge on any atom is 0.329 e. The zero-order chi connectivity index (χ0) is 11.3. The molecule has 1 amide bonds. The van der Waals surface area contributed by atoms with Crippen LogP contribution in [0.15, 0.2) is 12.1 Å². The first-order valence-corrected chi connectivity index (χ1v) is 6.11. The van der Waals surface area contributed by atoms with Crippen LogP contribution in [0.25, 0.3) is 0 Å². The molecule has 2 saturated heterocycles. The molecule has 0 saturated carbocycles. The van der Waals surface area contributed by atoms with Crippen LogP contribution in [0, 0.1) is 0 Å². The smallest absolute Gasteiger partial charge is 0.329 e. The minimum absolute atomic E-state index is 0.114. The SMILES string of the molecule is O=C1OC2CC1N(C(=O)c1ccc(Cl)s1)C2. The number of halogens is 1. The molecule has 0 spiro atoms. The summed E-state index contributed by atoms with van der Waals surface area (Å²) in [5.74, 6) is -0.409. The van der Waals surface area contributed by atoms with Crippen LogP contribution in [-0.4, -0.2) is 35.5 Å². The molecule has 1 aromatic heterocycles. The lowest BCUT2D eigenvalue weighted by atomic mass is 10.2. The molecule has 6 heteroatoms. The third-order valence-corrected chi connectivity index (χ3v) is 4.08. The van der Waals surface area contributed by atoms with Crippen LogP contribution >= 0.6 is 22.9 Å². The van der Waals surface area contributed by atoms with Crippen molar-refractivity contribution in [3.05, 3.63) is 21.3 Å². The van der Waals surface area contributed by atoms with Crippen molar-refractivity contribution in [1.82, 2.24) is 4.90 Å². The van der Waals surface area contributed by atoms with Gasteiger partial charge in [-0.15, -0.1) is 11.3 Å². The molecule has 2 bridgehead atoms. The zero-order valence-electron chi connectivity index (χ0n) is 8.18. The number of amides is 1. The third-order valence-electron chi connectivity index (χ3n) is 2.86. The Morgan fingerprint density at radius 3 is 2.94 bits per heavy atom. The minimum Gasteiger partial charge on any atom is -0.459 e. The quantitative estimate of drug-likeness (QED) is 0.717. The fourth-order valence-corrected chi connectivity index (χ4v) is 3.14. The van der Waals surface area contributed by atoms with Crippen molar-refractivity contribution in [3.63, 3.8) is 0 Å². The number of carbonyl (C=O) groups excluding carboxylic acids is 2. The van der Waals surface area contributed by atoms with Crippen LogP contribution in [0.3, 0.4) is 0 Å². The summed E-state index contributed by atoms with van der Waals surface area (Å²) in [6, 6.07) is 2.98. The average molecular weight is 258 g/mol. The number of esters is 1. The molecule has 16 heavy (non-hydrogen) atoms. The van der Waals surface area contributed by atoms with Crippen LogP contribution in [0.2, 0.25) is 4.34 Å². The van der Waals surface area contributed by atoms with E-state index in [0.717, 1.165) is 0 Å². The molecule has 2 atom stereocenters. The van der Waals surface area contributed by atoms with E-state index in [1.54, 1.807) is 17.0 Å². The van der Waals surface area contributed by atoms with E-state index in [2.05, 4.69) is 0 Å². The van der Waals surface area contributed by atoms with Gasteiger partial charge in [0.05, 0.1) is 15.8 Å². The second kappa shape index (κ2) is 3.46. The molecule has 2 aliphatic rings. The van der Waals surface area contributed by atoms with Gasteiger partial charge in [0, 0.05) is 6.42 Å². The number of thiophene rings is 1. The number of fused-ring (bicyclic) bond motifs is 2. The summed E-state index contributed by atoms with van der Waals surface area (Å²) in [5, 5.41) is 0. The summed E-state index contributed by atoms with van der Waals surface area (Å²) in [6.07, 6.45) is 0.515. The van der Waals surface area contributed by atoms with Gasteiger partial charge in [-0.05, 0) is 12.1 Å². The first-order chi connectivity index (χ1) is 7.65. The third kappa shape index (κ3) is 1.43. The van der Waals surface area contributed by atoms with E-state index in [1.807, 2.05) is 0 Å². The summed E-state index contributed by atoms with van der Waals surface area (Å²) in [7, 11) is 0. The highest BCUT2D eigenvalue weighted by molar-refractivity contribution is 7.17. The van der Waals surface area contributed by atoms with Gasteiger partial charge in [0.15, 0.2) is 0 Å². The Kier molecular flexibility index (Phi) is 2.19. The van der Waals surface area contributed by atoms with Crippen LogP contribution in [-0.2, 0) is 9.53 Å². The number of likely N-dealkylation sites (tertiary alicyclic amines) is 1. The monoisotopic (exact) mass is 257 g/mol. The number of morpholine rings is 1. The van der Waals surface area contributed by atoms with E-state index in [4.69, 9.17) is 16.3 Å². The minimum atomic E-state index is -0.390. The van der Waals surface area contributed by atoms with E-state index >= 15 is 0 Å². The van der Waals surface area contributed by atoms with E-state index < -0.39 is 6.04 Å². The second-order valence-electron chi connectivity index (χ2n) is 3.87. The molecule has 0 aliphatic carbocycles. The summed E-state index contributed by atoms with van der Waals surface area (Å²) >= 11 is 7.01. The second-order valence-corrected chi connectivity index (χ2v) is 5.59. The number of hydrogen-bond acceptors (Lipinski definition) is 4. The van der Waals surface area contributed by atoms with E-state index in [0.29, 0.717) is 22.2 Å². The van der Waals surface area contributed by atoms with Crippen molar-refractivity contribution in [2.45, 2.75) is 18.6 Å². The lowest BCUT2D eigenvalue weighted by molar-refractivity contribution is -0.149. The van der Waals surface area contributed by atoms with Gasteiger partial charge in [-0.25, -0.2) is 4.79 Å². The van der Waals surface area contributed by atoms with E-state index in [-0.39, 0.29) is 18.0 Å². The molecule has 84 valence electrons. The summed E-state index contributed by atoms with van der Waals surface area (Å²) < 4.78 is 5.61. The van der Waals surface area contributed by atoms with Gasteiger partial charge in [-0.1, -0.05) is 11.6 Å².